The SMILES string of the molecule is CC1(C)CCC(NC(=O)C2CCCN2C(=O)OCC(F)(F)F)c2ccccc21. The number of ether oxygens (including phenoxy) is 1. The summed E-state index contributed by atoms with van der Waals surface area (Å²) in [7, 11) is 0. The van der Waals surface area contributed by atoms with Crippen LogP contribution >= 0.6 is 0 Å². The van der Waals surface area contributed by atoms with Crippen molar-refractivity contribution in [3.63, 3.8) is 0 Å². The van der Waals surface area contributed by atoms with Crippen LogP contribution in [0.3, 0.4) is 0 Å². The molecule has 1 saturated heterocycles. The fraction of sp³-hybridized carbons (Fsp3) is 0.600. The van der Waals surface area contributed by atoms with E-state index < -0.39 is 24.9 Å². The molecule has 2 aliphatic rings. The first-order valence-electron chi connectivity index (χ1n) is 9.48. The number of likely N-dealkylation sites (tertiary alicyclic amines) is 1. The lowest BCUT2D eigenvalue weighted by atomic mass is 9.71. The molecule has 0 bridgehead atoms. The Morgan fingerprint density at radius 1 is 1.25 bits per heavy atom. The summed E-state index contributed by atoms with van der Waals surface area (Å²) in [6, 6.07) is 6.97. The molecule has 28 heavy (non-hydrogen) atoms. The first kappa shape index (κ1) is 20.5. The van der Waals surface area contributed by atoms with Crippen LogP contribution in [0.5, 0.6) is 0 Å². The molecule has 5 nitrogen and oxygen atoms in total. The minimum atomic E-state index is -4.59. The van der Waals surface area contributed by atoms with Crippen molar-refractivity contribution in [1.82, 2.24) is 10.2 Å². The van der Waals surface area contributed by atoms with E-state index in [1.165, 1.54) is 5.56 Å². The van der Waals surface area contributed by atoms with Crippen LogP contribution in [-0.4, -0.2) is 42.3 Å². The summed E-state index contributed by atoms with van der Waals surface area (Å²) in [4.78, 5) is 25.9. The van der Waals surface area contributed by atoms with Crippen molar-refractivity contribution in [2.75, 3.05) is 13.2 Å². The summed E-state index contributed by atoms with van der Waals surface area (Å²) in [5.41, 5.74) is 2.24. The third kappa shape index (κ3) is 4.42. The maximum Gasteiger partial charge on any atom is 0.422 e. The van der Waals surface area contributed by atoms with E-state index in [1.54, 1.807) is 0 Å². The molecule has 2 atom stereocenters. The van der Waals surface area contributed by atoms with Crippen LogP contribution in [0.1, 0.15) is 56.7 Å². The molecule has 1 aliphatic carbocycles. The molecule has 0 radical (unpaired) electrons. The Hall–Kier alpha value is -2.25. The second-order valence-corrected chi connectivity index (χ2v) is 8.09. The van der Waals surface area contributed by atoms with Gasteiger partial charge in [-0.05, 0) is 42.2 Å². The van der Waals surface area contributed by atoms with Crippen molar-refractivity contribution in [3.8, 4) is 0 Å². The first-order chi connectivity index (χ1) is 13.1. The summed E-state index contributed by atoms with van der Waals surface area (Å²) in [5, 5.41) is 3.00. The van der Waals surface area contributed by atoms with E-state index in [0.29, 0.717) is 12.8 Å². The molecular weight excluding hydrogens is 373 g/mol. The van der Waals surface area contributed by atoms with Crippen LogP contribution < -0.4 is 5.32 Å². The van der Waals surface area contributed by atoms with Gasteiger partial charge in [-0.2, -0.15) is 13.2 Å². The molecular formula is C20H25F3N2O3. The van der Waals surface area contributed by atoms with Gasteiger partial charge in [0.2, 0.25) is 5.91 Å². The van der Waals surface area contributed by atoms with Gasteiger partial charge in [-0.15, -0.1) is 0 Å². The van der Waals surface area contributed by atoms with E-state index in [4.69, 9.17) is 0 Å². The van der Waals surface area contributed by atoms with Gasteiger partial charge in [-0.3, -0.25) is 9.69 Å². The van der Waals surface area contributed by atoms with Gasteiger partial charge in [-0.1, -0.05) is 38.1 Å². The van der Waals surface area contributed by atoms with Crippen molar-refractivity contribution < 1.29 is 27.5 Å². The molecule has 1 heterocycles. The van der Waals surface area contributed by atoms with Crippen molar-refractivity contribution in [2.24, 2.45) is 0 Å². The van der Waals surface area contributed by atoms with Crippen LogP contribution in [0, 0.1) is 0 Å². The molecule has 1 aromatic carbocycles. The molecule has 0 aromatic heterocycles. The zero-order valence-corrected chi connectivity index (χ0v) is 16.0. The number of carbonyl (C=O) groups is 2. The second kappa shape index (κ2) is 7.64. The van der Waals surface area contributed by atoms with Gasteiger partial charge in [0.05, 0.1) is 6.04 Å². The van der Waals surface area contributed by atoms with E-state index in [2.05, 4.69) is 30.0 Å². The highest BCUT2D eigenvalue weighted by Crippen LogP contribution is 2.41. The predicted octanol–water partition coefficient (Wildman–Crippen LogP) is 4.08. The van der Waals surface area contributed by atoms with Gasteiger partial charge in [-0.25, -0.2) is 4.79 Å². The molecule has 1 aliphatic heterocycles. The second-order valence-electron chi connectivity index (χ2n) is 8.09. The van der Waals surface area contributed by atoms with Crippen molar-refractivity contribution >= 4 is 12.0 Å². The molecule has 1 aromatic rings. The number of alkyl halides is 3. The number of nitrogens with one attached hydrogen (secondary N) is 1. The molecule has 154 valence electrons. The zero-order valence-electron chi connectivity index (χ0n) is 16.0. The van der Waals surface area contributed by atoms with Crippen molar-refractivity contribution in [2.45, 2.75) is 63.2 Å². The van der Waals surface area contributed by atoms with E-state index >= 15 is 0 Å². The summed E-state index contributed by atoms with van der Waals surface area (Å²) in [6.45, 7) is 2.89. The van der Waals surface area contributed by atoms with Gasteiger partial charge in [0.15, 0.2) is 6.61 Å². The average molecular weight is 398 g/mol. The van der Waals surface area contributed by atoms with E-state index in [1.807, 2.05) is 18.2 Å². The third-order valence-electron chi connectivity index (χ3n) is 5.59. The molecule has 2 amide bonds. The van der Waals surface area contributed by atoms with E-state index in [-0.39, 0.29) is 23.9 Å². The highest BCUT2D eigenvalue weighted by Gasteiger charge is 2.39. The lowest BCUT2D eigenvalue weighted by Gasteiger charge is -2.38. The summed E-state index contributed by atoms with van der Waals surface area (Å²) in [6.07, 6.45) is -3.07. The Morgan fingerprint density at radius 2 is 1.96 bits per heavy atom. The lowest BCUT2D eigenvalue weighted by molar-refractivity contribution is -0.162. The topological polar surface area (TPSA) is 58.6 Å². The number of hydrogen-bond acceptors (Lipinski definition) is 3. The standard InChI is InChI=1S/C20H25F3N2O3/c1-19(2)10-9-15(13-6-3-4-7-14(13)19)24-17(26)16-8-5-11-25(16)18(27)28-12-20(21,22)23/h3-4,6-7,15-16H,5,8-12H2,1-2H3,(H,24,26). The normalized spacial score (nSPS) is 23.8. The van der Waals surface area contributed by atoms with Gasteiger partial charge in [0.25, 0.3) is 0 Å². The lowest BCUT2D eigenvalue weighted by Crippen LogP contribution is -2.48. The van der Waals surface area contributed by atoms with Crippen LogP contribution in [0.4, 0.5) is 18.0 Å². The molecule has 2 unspecified atom stereocenters. The quantitative estimate of drug-likeness (QED) is 0.835. The fourth-order valence-corrected chi connectivity index (χ4v) is 4.11. The van der Waals surface area contributed by atoms with Gasteiger partial charge < -0.3 is 10.1 Å². The monoisotopic (exact) mass is 398 g/mol. The van der Waals surface area contributed by atoms with Gasteiger partial charge >= 0.3 is 12.3 Å². The number of nitrogens with zero attached hydrogens (tertiary/aromatic N) is 1. The van der Waals surface area contributed by atoms with Crippen molar-refractivity contribution in [3.05, 3.63) is 35.4 Å². The number of amides is 2. The van der Waals surface area contributed by atoms with Crippen LogP contribution in [-0.2, 0) is 14.9 Å². The zero-order chi connectivity index (χ0) is 20.5. The molecule has 3 rings (SSSR count). The Kier molecular flexibility index (Phi) is 5.59. The van der Waals surface area contributed by atoms with Crippen LogP contribution in [0.15, 0.2) is 24.3 Å². The molecule has 0 spiro atoms. The number of benzene rings is 1. The molecule has 0 saturated carbocycles. The molecule has 1 fully saturated rings. The van der Waals surface area contributed by atoms with Crippen LogP contribution in [0.25, 0.3) is 0 Å². The number of hydrogen-bond donors (Lipinski definition) is 1. The Balaban J connectivity index is 1.68. The maximum atomic E-state index is 12.8. The van der Waals surface area contributed by atoms with Crippen molar-refractivity contribution in [1.29, 1.82) is 0 Å². The minimum Gasteiger partial charge on any atom is -0.440 e. The van der Waals surface area contributed by atoms with Gasteiger partial charge in [0.1, 0.15) is 6.04 Å². The van der Waals surface area contributed by atoms with Crippen LogP contribution in [0.2, 0.25) is 0 Å². The fourth-order valence-electron chi connectivity index (χ4n) is 4.11. The first-order valence-corrected chi connectivity index (χ1v) is 9.48. The number of halogens is 3. The third-order valence-corrected chi connectivity index (χ3v) is 5.59. The smallest absolute Gasteiger partial charge is 0.422 e. The number of carbonyl (C=O) groups excluding carboxylic acids is 2. The Morgan fingerprint density at radius 3 is 2.68 bits per heavy atom. The van der Waals surface area contributed by atoms with E-state index in [0.717, 1.165) is 23.3 Å². The minimum absolute atomic E-state index is 0.0125. The van der Waals surface area contributed by atoms with E-state index in [9.17, 15) is 22.8 Å². The highest BCUT2D eigenvalue weighted by atomic mass is 19.4. The summed E-state index contributed by atoms with van der Waals surface area (Å²) < 4.78 is 41.2. The summed E-state index contributed by atoms with van der Waals surface area (Å²) >= 11 is 0. The molecule has 8 heteroatoms. The molecule has 1 N–H and O–H groups in total. The number of fused-ring (bicyclic) bond motifs is 1. The predicted molar refractivity (Wildman–Crippen MR) is 96.7 cm³/mol. The summed E-state index contributed by atoms with van der Waals surface area (Å²) in [5.74, 6) is -0.346. The Labute approximate surface area is 162 Å². The van der Waals surface area contributed by atoms with Gasteiger partial charge in [0, 0.05) is 6.54 Å². The highest BCUT2D eigenvalue weighted by molar-refractivity contribution is 5.86. The maximum absolute atomic E-state index is 12.8. The largest absolute Gasteiger partial charge is 0.440 e. The Bertz CT molecular complexity index is 748. The number of rotatable bonds is 3. The average Bonchev–Trinajstić information content (AvgIpc) is 3.12.